The van der Waals surface area contributed by atoms with Crippen molar-refractivity contribution in [3.8, 4) is 0 Å². The highest BCUT2D eigenvalue weighted by Crippen LogP contribution is 2.26. The van der Waals surface area contributed by atoms with Gasteiger partial charge in [-0.2, -0.15) is 0 Å². The molecular weight excluding hydrogens is 234 g/mol. The summed E-state index contributed by atoms with van der Waals surface area (Å²) in [6.45, 7) is 12.4. The van der Waals surface area contributed by atoms with E-state index < -0.39 is 0 Å². The number of carbonyl (C=O) groups excluding carboxylic acids is 1. The van der Waals surface area contributed by atoms with Crippen molar-refractivity contribution in [1.29, 1.82) is 0 Å². The van der Waals surface area contributed by atoms with Gasteiger partial charge in [0.05, 0.1) is 0 Å². The van der Waals surface area contributed by atoms with Crippen molar-refractivity contribution in [2.75, 3.05) is 13.1 Å². The van der Waals surface area contributed by atoms with Gasteiger partial charge in [-0.15, -0.1) is 0 Å². The smallest absolute Gasteiger partial charge is 0.129 e. The molecule has 0 amide bonds. The first-order valence-electron chi connectivity index (χ1n) is 7.11. The van der Waals surface area contributed by atoms with Gasteiger partial charge in [0.2, 0.25) is 0 Å². The summed E-state index contributed by atoms with van der Waals surface area (Å²) in [5, 5.41) is 3.47. The molecule has 0 saturated heterocycles. The van der Waals surface area contributed by atoms with Gasteiger partial charge in [0.1, 0.15) is 5.78 Å². The third-order valence-corrected chi connectivity index (χ3v) is 3.57. The van der Waals surface area contributed by atoms with Gasteiger partial charge < -0.3 is 10.1 Å². The number of hydrogen-bond donors (Lipinski definition) is 1. The van der Waals surface area contributed by atoms with Gasteiger partial charge in [-0.3, -0.25) is 0 Å². The van der Waals surface area contributed by atoms with E-state index in [2.05, 4.69) is 51.2 Å². The molecule has 19 heavy (non-hydrogen) atoms. The molecule has 0 bridgehead atoms. The Balaban J connectivity index is 2.55. The van der Waals surface area contributed by atoms with Crippen LogP contribution in [0.15, 0.2) is 18.2 Å². The second-order valence-electron chi connectivity index (χ2n) is 6.18. The molecule has 0 saturated carbocycles. The van der Waals surface area contributed by atoms with E-state index in [9.17, 15) is 4.79 Å². The first-order chi connectivity index (χ1) is 8.83. The molecule has 0 aliphatic carbocycles. The highest BCUT2D eigenvalue weighted by atomic mass is 16.1. The summed E-state index contributed by atoms with van der Waals surface area (Å²) in [6, 6.07) is 6.64. The lowest BCUT2D eigenvalue weighted by atomic mass is 9.81. The summed E-state index contributed by atoms with van der Waals surface area (Å²) in [7, 11) is 0. The van der Waals surface area contributed by atoms with Crippen LogP contribution in [0.2, 0.25) is 0 Å². The number of Topliss-reactive ketones (excluding diaryl/α,β-unsaturated/α-hetero) is 1. The van der Waals surface area contributed by atoms with Crippen molar-refractivity contribution in [3.63, 3.8) is 0 Å². The van der Waals surface area contributed by atoms with Crippen molar-refractivity contribution in [2.45, 2.75) is 52.9 Å². The summed E-state index contributed by atoms with van der Waals surface area (Å²) in [6.07, 6.45) is 1.61. The maximum atomic E-state index is 10.9. The summed E-state index contributed by atoms with van der Waals surface area (Å²) < 4.78 is 0. The van der Waals surface area contributed by atoms with Gasteiger partial charge in [-0.05, 0) is 44.9 Å². The van der Waals surface area contributed by atoms with Crippen LogP contribution < -0.4 is 5.32 Å². The number of rotatable bonds is 7. The minimum atomic E-state index is 0.117. The fourth-order valence-electron chi connectivity index (χ4n) is 2.42. The number of carbonyl (C=O) groups is 1. The molecule has 0 radical (unpaired) electrons. The lowest BCUT2D eigenvalue weighted by molar-refractivity contribution is -0.117. The van der Waals surface area contributed by atoms with Gasteiger partial charge in [-0.25, -0.2) is 0 Å². The van der Waals surface area contributed by atoms with Crippen molar-refractivity contribution in [2.24, 2.45) is 0 Å². The normalized spacial score (nSPS) is 11.6. The molecule has 0 atom stereocenters. The molecule has 1 aromatic carbocycles. The number of nitrogens with one attached hydrogen (secondary N) is 1. The third-order valence-electron chi connectivity index (χ3n) is 3.57. The van der Waals surface area contributed by atoms with Crippen LogP contribution in [0.3, 0.4) is 0 Å². The summed E-state index contributed by atoms with van der Waals surface area (Å²) >= 11 is 0. The van der Waals surface area contributed by atoms with E-state index in [1.54, 1.807) is 6.92 Å². The van der Waals surface area contributed by atoms with Crippen LogP contribution in [0.1, 0.15) is 50.3 Å². The molecule has 1 rings (SSSR count). The fourth-order valence-corrected chi connectivity index (χ4v) is 2.42. The van der Waals surface area contributed by atoms with Crippen LogP contribution in [-0.4, -0.2) is 18.9 Å². The number of ketones is 1. The number of benzene rings is 1. The molecule has 0 unspecified atom stereocenters. The average molecular weight is 261 g/mol. The van der Waals surface area contributed by atoms with E-state index in [0.29, 0.717) is 6.42 Å². The Bertz CT molecular complexity index is 435. The van der Waals surface area contributed by atoms with E-state index in [-0.39, 0.29) is 11.2 Å². The molecular formula is C17H27NO. The van der Waals surface area contributed by atoms with Crippen LogP contribution in [-0.2, 0) is 10.2 Å². The Labute approximate surface area is 117 Å². The lowest BCUT2D eigenvalue weighted by Crippen LogP contribution is -2.34. The lowest BCUT2D eigenvalue weighted by Gasteiger charge is -2.28. The summed E-state index contributed by atoms with van der Waals surface area (Å²) in [4.78, 5) is 10.9. The Morgan fingerprint density at radius 3 is 2.58 bits per heavy atom. The second-order valence-corrected chi connectivity index (χ2v) is 6.18. The topological polar surface area (TPSA) is 29.1 Å². The maximum absolute atomic E-state index is 10.9. The van der Waals surface area contributed by atoms with Gasteiger partial charge in [0.25, 0.3) is 0 Å². The third kappa shape index (κ3) is 5.15. The molecule has 0 fully saturated rings. The quantitative estimate of drug-likeness (QED) is 0.761. The molecule has 0 aliphatic heterocycles. The van der Waals surface area contributed by atoms with Crippen molar-refractivity contribution in [3.05, 3.63) is 34.9 Å². The Morgan fingerprint density at radius 2 is 1.95 bits per heavy atom. The van der Waals surface area contributed by atoms with Crippen LogP contribution in [0.5, 0.6) is 0 Å². The van der Waals surface area contributed by atoms with Crippen molar-refractivity contribution >= 4 is 5.78 Å². The van der Waals surface area contributed by atoms with Crippen molar-refractivity contribution < 1.29 is 4.79 Å². The van der Waals surface area contributed by atoms with E-state index >= 15 is 0 Å². The molecule has 1 N–H and O–H groups in total. The van der Waals surface area contributed by atoms with Crippen LogP contribution in [0.25, 0.3) is 0 Å². The summed E-state index contributed by atoms with van der Waals surface area (Å²) in [5.41, 5.74) is 4.18. The van der Waals surface area contributed by atoms with Crippen LogP contribution in [0.4, 0.5) is 0 Å². The molecule has 2 nitrogen and oxygen atoms in total. The van der Waals surface area contributed by atoms with E-state index in [4.69, 9.17) is 0 Å². The summed E-state index contributed by atoms with van der Waals surface area (Å²) in [5.74, 6) is 0.274. The molecule has 1 aromatic rings. The van der Waals surface area contributed by atoms with Crippen LogP contribution in [0, 0.1) is 13.8 Å². The molecule has 2 heteroatoms. The predicted molar refractivity (Wildman–Crippen MR) is 81.7 cm³/mol. The fraction of sp³-hybridized carbons (Fsp3) is 0.588. The number of aryl methyl sites for hydroxylation is 2. The molecule has 106 valence electrons. The van der Waals surface area contributed by atoms with Crippen LogP contribution >= 0.6 is 0 Å². The molecule has 0 aliphatic rings. The van der Waals surface area contributed by atoms with Crippen molar-refractivity contribution in [1.82, 2.24) is 5.32 Å². The Kier molecular flexibility index (Phi) is 5.74. The maximum Gasteiger partial charge on any atom is 0.129 e. The van der Waals surface area contributed by atoms with Gasteiger partial charge in [-0.1, -0.05) is 37.6 Å². The second kappa shape index (κ2) is 6.85. The molecule has 0 aromatic heterocycles. The Morgan fingerprint density at radius 1 is 1.26 bits per heavy atom. The monoisotopic (exact) mass is 261 g/mol. The zero-order chi connectivity index (χ0) is 14.5. The standard InChI is InChI=1S/C17H27NO/c1-13-8-9-14(2)16(11-13)17(4,5)12-18-10-6-7-15(3)19/h8-9,11,18H,6-7,10,12H2,1-5H3. The minimum absolute atomic E-state index is 0.117. The highest BCUT2D eigenvalue weighted by molar-refractivity contribution is 5.75. The Hall–Kier alpha value is -1.15. The van der Waals surface area contributed by atoms with E-state index in [0.717, 1.165) is 19.5 Å². The highest BCUT2D eigenvalue weighted by Gasteiger charge is 2.21. The zero-order valence-electron chi connectivity index (χ0n) is 13.0. The molecule has 0 heterocycles. The predicted octanol–water partition coefficient (Wildman–Crippen LogP) is 3.54. The average Bonchev–Trinajstić information content (AvgIpc) is 2.31. The largest absolute Gasteiger partial charge is 0.316 e. The first kappa shape index (κ1) is 15.9. The minimum Gasteiger partial charge on any atom is -0.316 e. The van der Waals surface area contributed by atoms with E-state index in [1.165, 1.54) is 16.7 Å². The first-order valence-corrected chi connectivity index (χ1v) is 7.11. The van der Waals surface area contributed by atoms with Gasteiger partial charge in [0.15, 0.2) is 0 Å². The zero-order valence-corrected chi connectivity index (χ0v) is 13.0. The molecule has 0 spiro atoms. The van der Waals surface area contributed by atoms with E-state index in [1.807, 2.05) is 0 Å². The van der Waals surface area contributed by atoms with Gasteiger partial charge in [0, 0.05) is 18.4 Å². The number of hydrogen-bond acceptors (Lipinski definition) is 2. The van der Waals surface area contributed by atoms with Gasteiger partial charge >= 0.3 is 0 Å². The SMILES string of the molecule is CC(=O)CCCNCC(C)(C)c1cc(C)ccc1C.